The van der Waals surface area contributed by atoms with Crippen molar-refractivity contribution in [2.45, 2.75) is 32.4 Å². The van der Waals surface area contributed by atoms with Crippen molar-refractivity contribution in [1.29, 1.82) is 0 Å². The Morgan fingerprint density at radius 3 is 2.57 bits per heavy atom. The summed E-state index contributed by atoms with van der Waals surface area (Å²) in [6.07, 6.45) is 0.363. The number of hydrogen-bond acceptors (Lipinski definition) is 7. The predicted octanol–water partition coefficient (Wildman–Crippen LogP) is 2.71. The van der Waals surface area contributed by atoms with Gasteiger partial charge in [-0.25, -0.2) is 10.5 Å². The molecule has 0 radical (unpaired) electrons. The first-order valence-electron chi connectivity index (χ1n) is 9.19. The fourth-order valence-electron chi connectivity index (χ4n) is 3.33. The van der Waals surface area contributed by atoms with Crippen LogP contribution in [0.5, 0.6) is 0 Å². The normalized spacial score (nSPS) is 19.1. The fraction of sp³-hybridized carbons (Fsp3) is 0.500. The second-order valence-electron chi connectivity index (χ2n) is 6.89. The zero-order chi connectivity index (χ0) is 22.0. The van der Waals surface area contributed by atoms with E-state index in [0.717, 1.165) is 5.13 Å². The van der Waals surface area contributed by atoms with Crippen molar-refractivity contribution in [3.05, 3.63) is 32.0 Å². The SMILES string of the molecule is CONC(=O)c1sc(N2CC[C@@H](NC(=O)c3[nH]c(C)c(Cl)c3Cl)[C@@H](OC)C2)nc1C. The van der Waals surface area contributed by atoms with Crippen LogP contribution in [-0.4, -0.2) is 61.2 Å². The Morgan fingerprint density at radius 2 is 1.97 bits per heavy atom. The summed E-state index contributed by atoms with van der Waals surface area (Å²) in [7, 11) is 2.98. The van der Waals surface area contributed by atoms with Crippen LogP contribution in [-0.2, 0) is 9.57 Å². The average molecular weight is 476 g/mol. The van der Waals surface area contributed by atoms with Crippen molar-refractivity contribution in [3.8, 4) is 0 Å². The molecule has 0 aromatic carbocycles. The molecule has 1 saturated heterocycles. The van der Waals surface area contributed by atoms with Crippen LogP contribution in [0.4, 0.5) is 5.13 Å². The highest BCUT2D eigenvalue weighted by atomic mass is 35.5. The number of amides is 2. The summed E-state index contributed by atoms with van der Waals surface area (Å²) in [6.45, 7) is 4.68. The zero-order valence-electron chi connectivity index (χ0n) is 17.0. The molecule has 0 spiro atoms. The Bertz CT molecular complexity index is 947. The Hall–Kier alpha value is -1.85. The molecule has 0 saturated carbocycles. The number of aryl methyl sites for hydroxylation is 2. The summed E-state index contributed by atoms with van der Waals surface area (Å²) in [4.78, 5) is 39.4. The van der Waals surface area contributed by atoms with Crippen LogP contribution < -0.4 is 15.7 Å². The van der Waals surface area contributed by atoms with Crippen LogP contribution in [0.2, 0.25) is 10.0 Å². The van der Waals surface area contributed by atoms with Crippen LogP contribution in [0, 0.1) is 13.8 Å². The number of methoxy groups -OCH3 is 1. The quantitative estimate of drug-likeness (QED) is 0.554. The Labute approximate surface area is 188 Å². The van der Waals surface area contributed by atoms with E-state index in [1.807, 2.05) is 4.90 Å². The topological polar surface area (TPSA) is 109 Å². The van der Waals surface area contributed by atoms with E-state index in [1.54, 1.807) is 21.0 Å². The highest BCUT2D eigenvalue weighted by Gasteiger charge is 2.33. The number of hydrogen-bond donors (Lipinski definition) is 3. The summed E-state index contributed by atoms with van der Waals surface area (Å²) >= 11 is 13.5. The molecule has 2 aromatic heterocycles. The van der Waals surface area contributed by atoms with E-state index in [-0.39, 0.29) is 34.7 Å². The summed E-state index contributed by atoms with van der Waals surface area (Å²) in [5.41, 5.74) is 3.81. The molecule has 0 bridgehead atoms. The molecular weight excluding hydrogens is 453 g/mol. The van der Waals surface area contributed by atoms with Gasteiger partial charge in [-0.1, -0.05) is 34.5 Å². The molecule has 1 aliphatic rings. The van der Waals surface area contributed by atoms with Gasteiger partial charge in [0.25, 0.3) is 11.8 Å². The Morgan fingerprint density at radius 1 is 1.23 bits per heavy atom. The first kappa shape index (κ1) is 22.8. The van der Waals surface area contributed by atoms with Gasteiger partial charge in [0.1, 0.15) is 10.6 Å². The molecule has 2 amide bonds. The number of piperidine rings is 1. The Kier molecular flexibility index (Phi) is 7.25. The van der Waals surface area contributed by atoms with Gasteiger partial charge in [0.15, 0.2) is 5.13 Å². The summed E-state index contributed by atoms with van der Waals surface area (Å²) in [5, 5.41) is 4.24. The molecule has 9 nitrogen and oxygen atoms in total. The first-order chi connectivity index (χ1) is 14.3. The predicted molar refractivity (Wildman–Crippen MR) is 116 cm³/mol. The van der Waals surface area contributed by atoms with Crippen molar-refractivity contribution in [1.82, 2.24) is 20.8 Å². The minimum Gasteiger partial charge on any atom is -0.377 e. The van der Waals surface area contributed by atoms with E-state index in [2.05, 4.69) is 20.8 Å². The summed E-state index contributed by atoms with van der Waals surface area (Å²) in [5.74, 6) is -0.667. The maximum absolute atomic E-state index is 12.7. The van der Waals surface area contributed by atoms with E-state index in [4.69, 9.17) is 32.8 Å². The number of thiazole rings is 1. The number of nitrogens with zero attached hydrogens (tertiary/aromatic N) is 2. The largest absolute Gasteiger partial charge is 0.377 e. The number of aromatic nitrogens is 2. The second-order valence-corrected chi connectivity index (χ2v) is 8.62. The first-order valence-corrected chi connectivity index (χ1v) is 10.8. The molecule has 3 N–H and O–H groups in total. The highest BCUT2D eigenvalue weighted by Crippen LogP contribution is 2.31. The molecule has 2 atom stereocenters. The third kappa shape index (κ3) is 4.57. The zero-order valence-corrected chi connectivity index (χ0v) is 19.3. The molecule has 30 heavy (non-hydrogen) atoms. The second kappa shape index (κ2) is 9.52. The standard InChI is InChI=1S/C18H23Cl2N5O4S/c1-8-12(19)13(20)14(21-8)16(26)23-10-5-6-25(7-11(10)28-3)18-22-9(2)15(30-18)17(27)24-29-4/h10-11,21H,5-7H2,1-4H3,(H,23,26)(H,24,27)/t10-,11+/m1/s1. The van der Waals surface area contributed by atoms with Crippen molar-refractivity contribution in [2.24, 2.45) is 0 Å². The van der Waals surface area contributed by atoms with Crippen LogP contribution in [0.15, 0.2) is 0 Å². The van der Waals surface area contributed by atoms with Crippen LogP contribution in [0.3, 0.4) is 0 Å². The lowest BCUT2D eigenvalue weighted by molar-refractivity contribution is 0.0538. The molecule has 12 heteroatoms. The highest BCUT2D eigenvalue weighted by molar-refractivity contribution is 7.17. The third-order valence-electron chi connectivity index (χ3n) is 4.92. The van der Waals surface area contributed by atoms with Crippen LogP contribution in [0.1, 0.15) is 38.0 Å². The van der Waals surface area contributed by atoms with Gasteiger partial charge in [0, 0.05) is 25.9 Å². The monoisotopic (exact) mass is 475 g/mol. The minimum atomic E-state index is -0.334. The van der Waals surface area contributed by atoms with Gasteiger partial charge < -0.3 is 19.9 Å². The number of rotatable bonds is 6. The van der Waals surface area contributed by atoms with Gasteiger partial charge in [0.2, 0.25) is 0 Å². The van der Waals surface area contributed by atoms with Gasteiger partial charge in [0.05, 0.1) is 35.0 Å². The number of hydroxylamine groups is 1. The molecule has 1 aliphatic heterocycles. The minimum absolute atomic E-state index is 0.207. The van der Waals surface area contributed by atoms with Crippen molar-refractivity contribution < 1.29 is 19.2 Å². The molecule has 3 rings (SSSR count). The lowest BCUT2D eigenvalue weighted by Crippen LogP contribution is -2.55. The maximum atomic E-state index is 12.7. The third-order valence-corrected chi connectivity index (χ3v) is 7.08. The van der Waals surface area contributed by atoms with E-state index in [0.29, 0.717) is 40.8 Å². The molecular formula is C18H23Cl2N5O4S. The van der Waals surface area contributed by atoms with Gasteiger partial charge in [-0.2, -0.15) is 0 Å². The van der Waals surface area contributed by atoms with E-state index >= 15 is 0 Å². The van der Waals surface area contributed by atoms with Gasteiger partial charge in [-0.05, 0) is 20.3 Å². The number of halogens is 2. The van der Waals surface area contributed by atoms with Gasteiger partial charge in [-0.15, -0.1) is 0 Å². The van der Waals surface area contributed by atoms with E-state index in [9.17, 15) is 9.59 Å². The Balaban J connectivity index is 1.69. The lowest BCUT2D eigenvalue weighted by atomic mass is 10.0. The number of ether oxygens (including phenoxy) is 1. The fourth-order valence-corrected chi connectivity index (χ4v) is 4.73. The van der Waals surface area contributed by atoms with Crippen molar-refractivity contribution in [2.75, 3.05) is 32.2 Å². The molecule has 0 aliphatic carbocycles. The van der Waals surface area contributed by atoms with E-state index < -0.39 is 0 Å². The molecule has 2 aromatic rings. The van der Waals surface area contributed by atoms with E-state index in [1.165, 1.54) is 18.4 Å². The number of carbonyl (C=O) groups excluding carboxylic acids is 2. The summed E-state index contributed by atoms with van der Waals surface area (Å²) < 4.78 is 5.63. The molecule has 164 valence electrons. The van der Waals surface area contributed by atoms with Gasteiger partial charge in [-0.3, -0.25) is 14.4 Å². The lowest BCUT2D eigenvalue weighted by Gasteiger charge is -2.37. The number of aromatic amines is 1. The van der Waals surface area contributed by atoms with Crippen LogP contribution in [0.25, 0.3) is 0 Å². The number of H-pyrrole nitrogens is 1. The number of nitrogens with one attached hydrogen (secondary N) is 3. The van der Waals surface area contributed by atoms with Crippen molar-refractivity contribution in [3.63, 3.8) is 0 Å². The smallest absolute Gasteiger partial charge is 0.286 e. The summed E-state index contributed by atoms with van der Waals surface area (Å²) in [6, 6.07) is -0.213. The molecule has 0 unspecified atom stereocenters. The molecule has 1 fully saturated rings. The van der Waals surface area contributed by atoms with Gasteiger partial charge >= 0.3 is 0 Å². The molecule has 3 heterocycles. The van der Waals surface area contributed by atoms with Crippen molar-refractivity contribution >= 4 is 51.5 Å². The number of anilines is 1. The van der Waals surface area contributed by atoms with Crippen LogP contribution >= 0.6 is 34.5 Å². The number of carbonyl (C=O) groups is 2. The maximum Gasteiger partial charge on any atom is 0.286 e. The average Bonchev–Trinajstić information content (AvgIpc) is 3.23.